The van der Waals surface area contributed by atoms with Crippen molar-refractivity contribution in [1.29, 1.82) is 0 Å². The lowest BCUT2D eigenvalue weighted by Gasteiger charge is -2.22. The van der Waals surface area contributed by atoms with Gasteiger partial charge in [0, 0.05) is 18.0 Å². The molecule has 186 valence electrons. The predicted molar refractivity (Wildman–Crippen MR) is 129 cm³/mol. The summed E-state index contributed by atoms with van der Waals surface area (Å²) in [6.07, 6.45) is 4.48. The molecule has 0 aromatic heterocycles. The molecule has 0 aliphatic carbocycles. The summed E-state index contributed by atoms with van der Waals surface area (Å²) >= 11 is 0. The smallest absolute Gasteiger partial charge is 0.281 e. The van der Waals surface area contributed by atoms with Crippen molar-refractivity contribution < 1.29 is 27.6 Å². The minimum absolute atomic E-state index is 0.213. The van der Waals surface area contributed by atoms with E-state index in [9.17, 15) is 22.8 Å². The molecular weight excluding hydrogens is 472 g/mol. The van der Waals surface area contributed by atoms with Gasteiger partial charge in [-0.2, -0.15) is 0 Å². The molecule has 3 amide bonds. The van der Waals surface area contributed by atoms with Crippen LogP contribution in [0.3, 0.4) is 0 Å². The number of hydrogen-bond donors (Lipinski definition) is 3. The highest BCUT2D eigenvalue weighted by Crippen LogP contribution is 2.18. The van der Waals surface area contributed by atoms with Crippen LogP contribution in [0.25, 0.3) is 0 Å². The average molecular weight is 501 g/mol. The first kappa shape index (κ1) is 25.8. The van der Waals surface area contributed by atoms with E-state index in [4.69, 9.17) is 10.6 Å². The zero-order valence-corrected chi connectivity index (χ0v) is 19.9. The lowest BCUT2D eigenvalue weighted by Crippen LogP contribution is -2.40. The third-order valence-electron chi connectivity index (χ3n) is 5.25. The maximum atomic E-state index is 12.9. The van der Waals surface area contributed by atoms with Crippen LogP contribution < -0.4 is 16.5 Å². The van der Waals surface area contributed by atoms with Crippen LogP contribution in [0.2, 0.25) is 0 Å². The zero-order valence-electron chi connectivity index (χ0n) is 19.1. The van der Waals surface area contributed by atoms with Gasteiger partial charge in [-0.05, 0) is 42.5 Å². The molecule has 0 radical (unpaired) electrons. The highest BCUT2D eigenvalue weighted by atomic mass is 32.2. The van der Waals surface area contributed by atoms with E-state index in [0.29, 0.717) is 36.9 Å². The Hall–Kier alpha value is -3.86. The maximum Gasteiger partial charge on any atom is 0.281 e. The first-order chi connectivity index (χ1) is 16.7. The second kappa shape index (κ2) is 12.0. The van der Waals surface area contributed by atoms with E-state index in [2.05, 4.69) is 10.7 Å². The number of hydrogen-bond acceptors (Lipinski definition) is 7. The predicted octanol–water partition coefficient (Wildman–Crippen LogP) is 1.21. The molecule has 2 aromatic rings. The lowest BCUT2D eigenvalue weighted by atomic mass is 9.94. The van der Waals surface area contributed by atoms with Crippen LogP contribution >= 0.6 is 0 Å². The van der Waals surface area contributed by atoms with Crippen molar-refractivity contribution in [3.8, 4) is 0 Å². The summed E-state index contributed by atoms with van der Waals surface area (Å²) in [7, 11) is -3.71. The van der Waals surface area contributed by atoms with E-state index < -0.39 is 21.5 Å². The molecule has 11 heteroatoms. The number of carbonyl (C=O) groups excluding carboxylic acids is 3. The summed E-state index contributed by atoms with van der Waals surface area (Å²) in [6.45, 7) is 0.328. The number of rotatable bonds is 12. The number of nitrogens with one attached hydrogen (secondary N) is 2. The number of nitrogens with zero attached hydrogens (tertiary/aromatic N) is 1. The van der Waals surface area contributed by atoms with E-state index in [0.717, 1.165) is 10.7 Å². The van der Waals surface area contributed by atoms with Gasteiger partial charge in [0.2, 0.25) is 5.91 Å². The van der Waals surface area contributed by atoms with Gasteiger partial charge < -0.3 is 15.9 Å². The summed E-state index contributed by atoms with van der Waals surface area (Å²) in [5.74, 6) is -3.00. The van der Waals surface area contributed by atoms with Gasteiger partial charge in [-0.25, -0.2) is 8.42 Å². The summed E-state index contributed by atoms with van der Waals surface area (Å²) in [5, 5.41) is 3.89. The first-order valence-electron chi connectivity index (χ1n) is 11.1. The molecule has 1 heterocycles. The van der Waals surface area contributed by atoms with Gasteiger partial charge in [0.25, 0.3) is 11.8 Å². The van der Waals surface area contributed by atoms with Crippen molar-refractivity contribution >= 4 is 27.6 Å². The summed E-state index contributed by atoms with van der Waals surface area (Å²) in [5.41, 5.74) is 9.41. The van der Waals surface area contributed by atoms with E-state index in [1.165, 1.54) is 18.5 Å². The van der Waals surface area contributed by atoms with Crippen LogP contribution in [0.15, 0.2) is 67.1 Å². The van der Waals surface area contributed by atoms with Gasteiger partial charge in [0.05, 0.1) is 12.0 Å². The van der Waals surface area contributed by atoms with E-state index in [1.807, 2.05) is 30.3 Å². The van der Waals surface area contributed by atoms with Crippen molar-refractivity contribution in [2.45, 2.75) is 25.0 Å². The number of benzene rings is 2. The molecule has 1 aliphatic heterocycles. The van der Waals surface area contributed by atoms with E-state index in [-0.39, 0.29) is 23.5 Å². The van der Waals surface area contributed by atoms with Crippen LogP contribution in [0, 0.1) is 5.92 Å². The van der Waals surface area contributed by atoms with Crippen LogP contribution in [-0.4, -0.2) is 43.6 Å². The molecule has 4 N–H and O–H groups in total. The fourth-order valence-electron chi connectivity index (χ4n) is 3.69. The number of hydroxylamine groups is 1. The number of sulfone groups is 1. The van der Waals surface area contributed by atoms with Crippen LogP contribution in [0.5, 0.6) is 0 Å². The summed E-state index contributed by atoms with van der Waals surface area (Å²) < 4.78 is 24.0. The first-order valence-corrected chi connectivity index (χ1v) is 12.9. The van der Waals surface area contributed by atoms with Crippen LogP contribution in [-0.2, 0) is 36.4 Å². The van der Waals surface area contributed by atoms with Crippen molar-refractivity contribution in [2.75, 3.05) is 12.3 Å². The quantitative estimate of drug-likeness (QED) is 0.371. The van der Waals surface area contributed by atoms with E-state index in [1.54, 1.807) is 18.2 Å². The number of primary amides is 1. The monoisotopic (exact) mass is 500 g/mol. The molecule has 0 spiro atoms. The molecule has 0 bridgehead atoms. The highest BCUT2D eigenvalue weighted by molar-refractivity contribution is 7.91. The number of amides is 3. The Morgan fingerprint density at radius 1 is 1.06 bits per heavy atom. The molecule has 0 saturated carbocycles. The molecule has 1 atom stereocenters. The fraction of sp³-hybridized carbons (Fsp3) is 0.292. The number of hydrazine groups is 1. The third-order valence-corrected chi connectivity index (χ3v) is 6.75. The molecule has 35 heavy (non-hydrogen) atoms. The normalized spacial score (nSPS) is 13.5. The van der Waals surface area contributed by atoms with Gasteiger partial charge in [-0.3, -0.25) is 19.8 Å². The van der Waals surface area contributed by atoms with Crippen molar-refractivity contribution in [2.24, 2.45) is 11.7 Å². The molecule has 1 unspecified atom stereocenters. The Labute approximate surface area is 204 Å². The number of carbonyl (C=O) groups is 3. The second-order valence-corrected chi connectivity index (χ2v) is 10.2. The van der Waals surface area contributed by atoms with Gasteiger partial charge >= 0.3 is 0 Å². The minimum atomic E-state index is -3.71. The SMILES string of the molecule is NC(=O)CS(=O)(=O)Cc1cccc(C(=O)NCCCC(Cc2ccccc2)C(=O)N2NC=CO2)c1. The molecule has 1 aliphatic rings. The Morgan fingerprint density at radius 2 is 1.80 bits per heavy atom. The standard InChI is InChI=1S/C24H28N4O6S/c25-22(29)17-35(32,33)16-19-8-4-9-20(15-19)23(30)26-11-5-10-21(14-18-6-2-1-3-7-18)24(31)28-27-12-13-34-28/h1-4,6-9,12-13,15,21,27H,5,10-11,14,16-17H2,(H2,25,29)(H,26,30). The van der Waals surface area contributed by atoms with Gasteiger partial charge in [0.15, 0.2) is 9.84 Å². The van der Waals surface area contributed by atoms with Crippen LogP contribution in [0.4, 0.5) is 0 Å². The fourth-order valence-corrected chi connectivity index (χ4v) is 4.91. The van der Waals surface area contributed by atoms with Gasteiger partial charge in [0.1, 0.15) is 12.0 Å². The maximum absolute atomic E-state index is 12.9. The minimum Gasteiger partial charge on any atom is -0.369 e. The van der Waals surface area contributed by atoms with Gasteiger partial charge in [-0.15, -0.1) is 0 Å². The molecule has 10 nitrogen and oxygen atoms in total. The Balaban J connectivity index is 1.54. The number of nitrogens with two attached hydrogens (primary N) is 1. The second-order valence-electron chi connectivity index (χ2n) is 8.15. The zero-order chi connectivity index (χ0) is 25.3. The highest BCUT2D eigenvalue weighted by Gasteiger charge is 2.27. The lowest BCUT2D eigenvalue weighted by molar-refractivity contribution is -0.176. The van der Waals surface area contributed by atoms with Crippen molar-refractivity contribution in [3.63, 3.8) is 0 Å². The van der Waals surface area contributed by atoms with Crippen molar-refractivity contribution in [3.05, 3.63) is 83.7 Å². The van der Waals surface area contributed by atoms with Crippen molar-refractivity contribution in [1.82, 2.24) is 15.9 Å². The van der Waals surface area contributed by atoms with E-state index >= 15 is 0 Å². The molecule has 3 rings (SSSR count). The Kier molecular flexibility index (Phi) is 8.85. The Morgan fingerprint density at radius 3 is 2.49 bits per heavy atom. The van der Waals surface area contributed by atoms with Gasteiger partial charge in [-0.1, -0.05) is 47.6 Å². The summed E-state index contributed by atoms with van der Waals surface area (Å²) in [6, 6.07) is 15.8. The summed E-state index contributed by atoms with van der Waals surface area (Å²) in [4.78, 5) is 41.5. The molecule has 2 aromatic carbocycles. The molecule has 0 saturated heterocycles. The molecule has 0 fully saturated rings. The Bertz CT molecular complexity index is 1180. The third kappa shape index (κ3) is 8.14. The largest absolute Gasteiger partial charge is 0.369 e. The average Bonchev–Trinajstić information content (AvgIpc) is 3.35. The van der Waals surface area contributed by atoms with Crippen LogP contribution in [0.1, 0.15) is 34.3 Å². The molecular formula is C24H28N4O6S. The topological polar surface area (TPSA) is 148 Å².